The van der Waals surface area contributed by atoms with Crippen molar-refractivity contribution in [3.05, 3.63) is 29.7 Å². The lowest BCUT2D eigenvalue weighted by atomic mass is 10.1. The van der Waals surface area contributed by atoms with E-state index in [0.29, 0.717) is 17.1 Å². The fraction of sp³-hybridized carbons (Fsp3) is 0.462. The number of hydrogen-bond donors (Lipinski definition) is 0. The molecule has 2 aromatic heterocycles. The lowest BCUT2D eigenvalue weighted by Gasteiger charge is -2.06. The highest BCUT2D eigenvalue weighted by Crippen LogP contribution is 2.19. The summed E-state index contributed by atoms with van der Waals surface area (Å²) in [6, 6.07) is 3.50. The van der Waals surface area contributed by atoms with Gasteiger partial charge in [-0.2, -0.15) is 0 Å². The Balaban J connectivity index is 1.96. The molecular weight excluding hydrogens is 246 g/mol. The van der Waals surface area contributed by atoms with Crippen LogP contribution in [0.5, 0.6) is 0 Å². The molecule has 0 saturated carbocycles. The lowest BCUT2D eigenvalue weighted by molar-refractivity contribution is 0.0602. The van der Waals surface area contributed by atoms with Crippen molar-refractivity contribution in [3.63, 3.8) is 0 Å². The summed E-state index contributed by atoms with van der Waals surface area (Å²) in [6.07, 6.45) is 3.73. The van der Waals surface area contributed by atoms with Crippen LogP contribution >= 0.6 is 0 Å². The van der Waals surface area contributed by atoms with Crippen LogP contribution in [-0.2, 0) is 15.9 Å². The third-order valence-electron chi connectivity index (χ3n) is 3.41. The van der Waals surface area contributed by atoms with Crippen LogP contribution in [0.1, 0.15) is 22.6 Å². The molecule has 0 radical (unpaired) electrons. The van der Waals surface area contributed by atoms with Gasteiger partial charge in [0.05, 0.1) is 7.11 Å². The van der Waals surface area contributed by atoms with Gasteiger partial charge in [0.25, 0.3) is 0 Å². The fourth-order valence-electron chi connectivity index (χ4n) is 2.37. The zero-order valence-corrected chi connectivity index (χ0v) is 10.7. The van der Waals surface area contributed by atoms with Gasteiger partial charge in [-0.1, -0.05) is 0 Å². The van der Waals surface area contributed by atoms with Crippen molar-refractivity contribution in [2.45, 2.75) is 12.8 Å². The second-order valence-corrected chi connectivity index (χ2v) is 4.66. The van der Waals surface area contributed by atoms with E-state index >= 15 is 0 Å². The molecule has 1 aliphatic rings. The van der Waals surface area contributed by atoms with Crippen LogP contribution in [-0.4, -0.2) is 40.9 Å². The quantitative estimate of drug-likeness (QED) is 0.774. The molecule has 2 aromatic rings. The molecular formula is C13H15N3O3. The molecule has 0 amide bonds. The number of hydrogen-bond acceptors (Lipinski definition) is 5. The number of fused-ring (bicyclic) bond motifs is 1. The van der Waals surface area contributed by atoms with Gasteiger partial charge < -0.3 is 9.47 Å². The van der Waals surface area contributed by atoms with Gasteiger partial charge in [0.2, 0.25) is 0 Å². The van der Waals surface area contributed by atoms with Crippen molar-refractivity contribution in [2.24, 2.45) is 5.92 Å². The van der Waals surface area contributed by atoms with Gasteiger partial charge in [0, 0.05) is 25.8 Å². The van der Waals surface area contributed by atoms with Crippen molar-refractivity contribution in [1.29, 1.82) is 0 Å². The molecule has 0 aliphatic carbocycles. The molecule has 1 unspecified atom stereocenters. The largest absolute Gasteiger partial charge is 0.465 e. The van der Waals surface area contributed by atoms with Gasteiger partial charge in [-0.3, -0.25) is 4.40 Å². The minimum atomic E-state index is -0.395. The first-order valence-electron chi connectivity index (χ1n) is 6.28. The zero-order chi connectivity index (χ0) is 13.2. The molecule has 0 bridgehead atoms. The second-order valence-electron chi connectivity index (χ2n) is 4.66. The minimum absolute atomic E-state index is 0.395. The van der Waals surface area contributed by atoms with E-state index in [1.54, 1.807) is 12.1 Å². The molecule has 19 heavy (non-hydrogen) atoms. The Labute approximate surface area is 110 Å². The molecule has 0 spiro atoms. The summed E-state index contributed by atoms with van der Waals surface area (Å²) < 4.78 is 12.0. The van der Waals surface area contributed by atoms with E-state index in [0.717, 1.165) is 31.9 Å². The number of rotatable bonds is 3. The first-order valence-corrected chi connectivity index (χ1v) is 6.28. The fourth-order valence-corrected chi connectivity index (χ4v) is 2.37. The molecule has 3 rings (SSSR count). The van der Waals surface area contributed by atoms with Gasteiger partial charge in [-0.15, -0.1) is 10.2 Å². The molecule has 1 aliphatic heterocycles. The minimum Gasteiger partial charge on any atom is -0.465 e. The summed E-state index contributed by atoms with van der Waals surface area (Å²) in [5, 5.41) is 8.29. The van der Waals surface area contributed by atoms with E-state index < -0.39 is 5.97 Å². The van der Waals surface area contributed by atoms with Crippen molar-refractivity contribution in [1.82, 2.24) is 14.6 Å². The Bertz CT molecular complexity index is 602. The monoisotopic (exact) mass is 261 g/mol. The average Bonchev–Trinajstić information content (AvgIpc) is 3.08. The SMILES string of the molecule is COC(=O)c1cccn2c(CC3CCOC3)nnc12. The third-order valence-corrected chi connectivity index (χ3v) is 3.41. The third kappa shape index (κ3) is 2.19. The number of esters is 1. The zero-order valence-electron chi connectivity index (χ0n) is 10.7. The Kier molecular flexibility index (Phi) is 3.16. The van der Waals surface area contributed by atoms with E-state index in [4.69, 9.17) is 9.47 Å². The summed E-state index contributed by atoms with van der Waals surface area (Å²) in [5.41, 5.74) is 0.981. The smallest absolute Gasteiger partial charge is 0.341 e. The molecule has 1 atom stereocenters. The summed E-state index contributed by atoms with van der Waals surface area (Å²) in [7, 11) is 1.36. The van der Waals surface area contributed by atoms with E-state index in [2.05, 4.69) is 10.2 Å². The number of carbonyl (C=O) groups excluding carboxylic acids is 1. The highest BCUT2D eigenvalue weighted by atomic mass is 16.5. The van der Waals surface area contributed by atoms with Crippen LogP contribution in [0.3, 0.4) is 0 Å². The predicted octanol–water partition coefficient (Wildman–Crippen LogP) is 1.09. The van der Waals surface area contributed by atoms with Crippen molar-refractivity contribution in [2.75, 3.05) is 20.3 Å². The van der Waals surface area contributed by atoms with Crippen molar-refractivity contribution < 1.29 is 14.3 Å². The average molecular weight is 261 g/mol. The Morgan fingerprint density at radius 2 is 2.47 bits per heavy atom. The molecule has 0 N–H and O–H groups in total. The first kappa shape index (κ1) is 12.1. The maximum absolute atomic E-state index is 11.7. The number of ether oxygens (including phenoxy) is 2. The Morgan fingerprint density at radius 3 is 3.21 bits per heavy atom. The van der Waals surface area contributed by atoms with E-state index in [1.807, 2.05) is 10.6 Å². The number of pyridine rings is 1. The highest BCUT2D eigenvalue weighted by Gasteiger charge is 2.20. The highest BCUT2D eigenvalue weighted by molar-refractivity contribution is 5.95. The predicted molar refractivity (Wildman–Crippen MR) is 67.0 cm³/mol. The molecule has 6 heteroatoms. The van der Waals surface area contributed by atoms with Crippen LogP contribution in [0.25, 0.3) is 5.65 Å². The number of methoxy groups -OCH3 is 1. The van der Waals surface area contributed by atoms with Gasteiger partial charge >= 0.3 is 5.97 Å². The molecule has 0 aromatic carbocycles. The Morgan fingerprint density at radius 1 is 1.58 bits per heavy atom. The maximum Gasteiger partial charge on any atom is 0.341 e. The molecule has 1 saturated heterocycles. The Hall–Kier alpha value is -1.95. The van der Waals surface area contributed by atoms with E-state index in [9.17, 15) is 4.79 Å². The van der Waals surface area contributed by atoms with E-state index in [1.165, 1.54) is 7.11 Å². The van der Waals surface area contributed by atoms with Gasteiger partial charge in [-0.05, 0) is 24.5 Å². The van der Waals surface area contributed by atoms with Gasteiger partial charge in [0.1, 0.15) is 11.4 Å². The topological polar surface area (TPSA) is 65.7 Å². The van der Waals surface area contributed by atoms with Crippen LogP contribution in [0.15, 0.2) is 18.3 Å². The second kappa shape index (κ2) is 4.97. The first-order chi connectivity index (χ1) is 9.29. The molecule has 1 fully saturated rings. The molecule has 100 valence electrons. The van der Waals surface area contributed by atoms with Crippen LogP contribution in [0.2, 0.25) is 0 Å². The van der Waals surface area contributed by atoms with Gasteiger partial charge in [-0.25, -0.2) is 4.79 Å². The van der Waals surface area contributed by atoms with Crippen LogP contribution in [0, 0.1) is 5.92 Å². The number of aromatic nitrogens is 3. The van der Waals surface area contributed by atoms with Crippen LogP contribution < -0.4 is 0 Å². The number of nitrogens with zero attached hydrogens (tertiary/aromatic N) is 3. The van der Waals surface area contributed by atoms with Crippen molar-refractivity contribution in [3.8, 4) is 0 Å². The lowest BCUT2D eigenvalue weighted by Crippen LogP contribution is -2.08. The normalized spacial score (nSPS) is 18.9. The summed E-state index contributed by atoms with van der Waals surface area (Å²) in [5.74, 6) is 0.944. The summed E-state index contributed by atoms with van der Waals surface area (Å²) in [6.45, 7) is 1.58. The summed E-state index contributed by atoms with van der Waals surface area (Å²) in [4.78, 5) is 11.7. The molecule has 6 nitrogen and oxygen atoms in total. The van der Waals surface area contributed by atoms with Crippen LogP contribution in [0.4, 0.5) is 0 Å². The number of carbonyl (C=O) groups is 1. The van der Waals surface area contributed by atoms with Crippen molar-refractivity contribution >= 4 is 11.6 Å². The van der Waals surface area contributed by atoms with Gasteiger partial charge in [0.15, 0.2) is 5.65 Å². The maximum atomic E-state index is 11.7. The summed E-state index contributed by atoms with van der Waals surface area (Å²) >= 11 is 0. The van der Waals surface area contributed by atoms with E-state index in [-0.39, 0.29) is 0 Å². The standard InChI is InChI=1S/C13H15N3O3/c1-18-13(17)10-3-2-5-16-11(14-15-12(10)16)7-9-4-6-19-8-9/h2-3,5,9H,4,6-8H2,1H3. The molecule has 3 heterocycles.